The lowest BCUT2D eigenvalue weighted by Crippen LogP contribution is -2.32. The van der Waals surface area contributed by atoms with Gasteiger partial charge in [-0.2, -0.15) is 0 Å². The zero-order valence-corrected chi connectivity index (χ0v) is 10.3. The highest BCUT2D eigenvalue weighted by molar-refractivity contribution is 5.83. The van der Waals surface area contributed by atoms with Gasteiger partial charge in [0.2, 0.25) is 5.91 Å². The molecule has 1 aromatic rings. The lowest BCUT2D eigenvalue weighted by Gasteiger charge is -2.15. The van der Waals surface area contributed by atoms with Crippen LogP contribution in [-0.2, 0) is 4.79 Å². The molecular formula is C11H16N4O3. The van der Waals surface area contributed by atoms with Crippen molar-refractivity contribution in [2.45, 2.75) is 6.92 Å². The Labute approximate surface area is 105 Å². The molecule has 0 unspecified atom stereocenters. The number of carbonyl (C=O) groups excluding carboxylic acids is 1. The van der Waals surface area contributed by atoms with E-state index in [1.54, 1.807) is 13.1 Å². The van der Waals surface area contributed by atoms with Gasteiger partial charge >= 0.3 is 5.69 Å². The van der Waals surface area contributed by atoms with Crippen molar-refractivity contribution in [3.8, 4) is 0 Å². The molecule has 0 saturated heterocycles. The van der Waals surface area contributed by atoms with E-state index in [0.717, 1.165) is 0 Å². The number of amides is 1. The molecule has 18 heavy (non-hydrogen) atoms. The van der Waals surface area contributed by atoms with Gasteiger partial charge in [0.05, 0.1) is 11.5 Å². The van der Waals surface area contributed by atoms with E-state index in [-0.39, 0.29) is 29.5 Å². The molecule has 0 fully saturated rings. The number of hydrogen-bond acceptors (Lipinski definition) is 5. The first-order chi connectivity index (χ1) is 8.47. The zero-order valence-electron chi connectivity index (χ0n) is 10.3. The third-order valence-electron chi connectivity index (χ3n) is 2.58. The van der Waals surface area contributed by atoms with Crippen molar-refractivity contribution in [1.82, 2.24) is 4.90 Å². The molecule has 0 aliphatic rings. The van der Waals surface area contributed by atoms with Crippen molar-refractivity contribution in [2.24, 2.45) is 0 Å². The van der Waals surface area contributed by atoms with Crippen LogP contribution in [-0.4, -0.2) is 35.9 Å². The predicted molar refractivity (Wildman–Crippen MR) is 69.3 cm³/mol. The SMILES string of the molecule is CCN(C)C(=O)CNc1cccc(N)c1[N+](=O)[O-]. The minimum atomic E-state index is -0.564. The fourth-order valence-electron chi connectivity index (χ4n) is 1.39. The summed E-state index contributed by atoms with van der Waals surface area (Å²) in [6, 6.07) is 4.57. The second-order valence-corrected chi connectivity index (χ2v) is 3.76. The van der Waals surface area contributed by atoms with Crippen molar-refractivity contribution < 1.29 is 9.72 Å². The Hall–Kier alpha value is -2.31. The monoisotopic (exact) mass is 252 g/mol. The van der Waals surface area contributed by atoms with Gasteiger partial charge in [-0.15, -0.1) is 0 Å². The summed E-state index contributed by atoms with van der Waals surface area (Å²) in [5.74, 6) is -0.144. The van der Waals surface area contributed by atoms with Crippen LogP contribution in [0.2, 0.25) is 0 Å². The number of nitro benzene ring substituents is 1. The molecule has 98 valence electrons. The lowest BCUT2D eigenvalue weighted by molar-refractivity contribution is -0.383. The van der Waals surface area contributed by atoms with Crippen molar-refractivity contribution in [3.05, 3.63) is 28.3 Å². The van der Waals surface area contributed by atoms with Gasteiger partial charge in [-0.05, 0) is 19.1 Å². The molecule has 0 heterocycles. The zero-order chi connectivity index (χ0) is 13.7. The molecule has 1 rings (SSSR count). The van der Waals surface area contributed by atoms with Crippen LogP contribution in [0.4, 0.5) is 17.1 Å². The van der Waals surface area contributed by atoms with Gasteiger partial charge < -0.3 is 16.0 Å². The number of anilines is 2. The van der Waals surface area contributed by atoms with Gasteiger partial charge in [0, 0.05) is 13.6 Å². The van der Waals surface area contributed by atoms with Gasteiger partial charge in [0.25, 0.3) is 0 Å². The summed E-state index contributed by atoms with van der Waals surface area (Å²) in [5, 5.41) is 13.6. The standard InChI is InChI=1S/C11H16N4O3/c1-3-14(2)10(16)7-13-9-6-4-5-8(12)11(9)15(17)18/h4-6,13H,3,7,12H2,1-2H3. The number of carbonyl (C=O) groups is 1. The Morgan fingerprint density at radius 3 is 2.78 bits per heavy atom. The Morgan fingerprint density at radius 1 is 1.56 bits per heavy atom. The summed E-state index contributed by atoms with van der Waals surface area (Å²) in [5.41, 5.74) is 5.65. The second-order valence-electron chi connectivity index (χ2n) is 3.76. The number of hydrogen-bond donors (Lipinski definition) is 2. The van der Waals surface area contributed by atoms with E-state index >= 15 is 0 Å². The minimum absolute atomic E-state index is 0.00532. The van der Waals surface area contributed by atoms with Crippen molar-refractivity contribution in [1.29, 1.82) is 0 Å². The Balaban J connectivity index is 2.83. The molecule has 0 bridgehead atoms. The summed E-state index contributed by atoms with van der Waals surface area (Å²) in [6.45, 7) is 2.43. The molecule has 0 aliphatic carbocycles. The van der Waals surface area contributed by atoms with Crippen molar-refractivity contribution in [2.75, 3.05) is 31.2 Å². The maximum atomic E-state index is 11.6. The van der Waals surface area contributed by atoms with E-state index in [1.165, 1.54) is 17.0 Å². The summed E-state index contributed by atoms with van der Waals surface area (Å²) < 4.78 is 0. The number of likely N-dealkylation sites (N-methyl/N-ethyl adjacent to an activating group) is 1. The number of nitrogens with two attached hydrogens (primary N) is 1. The average molecular weight is 252 g/mol. The molecule has 0 spiro atoms. The first-order valence-corrected chi connectivity index (χ1v) is 5.48. The van der Waals surface area contributed by atoms with E-state index in [1.807, 2.05) is 6.92 Å². The van der Waals surface area contributed by atoms with E-state index < -0.39 is 4.92 Å². The number of nitrogens with one attached hydrogen (secondary N) is 1. The quantitative estimate of drug-likeness (QED) is 0.463. The third kappa shape index (κ3) is 3.09. The number of nitrogens with zero attached hydrogens (tertiary/aromatic N) is 2. The lowest BCUT2D eigenvalue weighted by atomic mass is 10.2. The molecule has 0 aromatic heterocycles. The van der Waals surface area contributed by atoms with Gasteiger partial charge in [-0.3, -0.25) is 14.9 Å². The molecule has 1 aromatic carbocycles. The summed E-state index contributed by atoms with van der Waals surface area (Å²) >= 11 is 0. The van der Waals surface area contributed by atoms with E-state index in [9.17, 15) is 14.9 Å². The van der Waals surface area contributed by atoms with Crippen molar-refractivity contribution >= 4 is 23.0 Å². The second kappa shape index (κ2) is 5.85. The van der Waals surface area contributed by atoms with Crippen LogP contribution in [0.1, 0.15) is 6.92 Å². The molecular weight excluding hydrogens is 236 g/mol. The van der Waals surface area contributed by atoms with E-state index in [4.69, 9.17) is 5.73 Å². The summed E-state index contributed by atoms with van der Waals surface area (Å²) in [6.07, 6.45) is 0. The topological polar surface area (TPSA) is 102 Å². The highest BCUT2D eigenvalue weighted by atomic mass is 16.6. The molecule has 0 radical (unpaired) electrons. The Bertz CT molecular complexity index is 462. The van der Waals surface area contributed by atoms with Crippen LogP contribution in [0.25, 0.3) is 0 Å². The van der Waals surface area contributed by atoms with Crippen LogP contribution in [0.5, 0.6) is 0 Å². The molecule has 1 amide bonds. The summed E-state index contributed by atoms with van der Waals surface area (Å²) in [7, 11) is 1.66. The smallest absolute Gasteiger partial charge is 0.314 e. The van der Waals surface area contributed by atoms with Crippen molar-refractivity contribution in [3.63, 3.8) is 0 Å². The molecule has 0 aliphatic heterocycles. The number of nitro groups is 1. The summed E-state index contributed by atoms with van der Waals surface area (Å²) in [4.78, 5) is 23.4. The van der Waals surface area contributed by atoms with Crippen LogP contribution >= 0.6 is 0 Å². The normalized spacial score (nSPS) is 9.89. The van der Waals surface area contributed by atoms with Crippen LogP contribution in [0.15, 0.2) is 18.2 Å². The van der Waals surface area contributed by atoms with E-state index in [2.05, 4.69) is 5.32 Å². The first kappa shape index (κ1) is 13.8. The first-order valence-electron chi connectivity index (χ1n) is 5.48. The third-order valence-corrected chi connectivity index (χ3v) is 2.58. The molecule has 0 atom stereocenters. The number of benzene rings is 1. The molecule has 7 nitrogen and oxygen atoms in total. The number of nitrogen functional groups attached to an aromatic ring is 1. The Kier molecular flexibility index (Phi) is 4.47. The maximum absolute atomic E-state index is 11.6. The fourth-order valence-corrected chi connectivity index (χ4v) is 1.39. The predicted octanol–water partition coefficient (Wildman–Crippen LogP) is 1.07. The average Bonchev–Trinajstić information content (AvgIpc) is 2.34. The molecule has 0 saturated carbocycles. The van der Waals surface area contributed by atoms with E-state index in [0.29, 0.717) is 6.54 Å². The highest BCUT2D eigenvalue weighted by Gasteiger charge is 2.18. The Morgan fingerprint density at radius 2 is 2.22 bits per heavy atom. The molecule has 3 N–H and O–H groups in total. The fraction of sp³-hybridized carbons (Fsp3) is 0.364. The van der Waals surface area contributed by atoms with Crippen LogP contribution in [0.3, 0.4) is 0 Å². The highest BCUT2D eigenvalue weighted by Crippen LogP contribution is 2.30. The van der Waals surface area contributed by atoms with Crippen LogP contribution < -0.4 is 11.1 Å². The maximum Gasteiger partial charge on any atom is 0.314 e. The molecule has 7 heteroatoms. The minimum Gasteiger partial charge on any atom is -0.393 e. The van der Waals surface area contributed by atoms with Gasteiger partial charge in [-0.1, -0.05) is 6.07 Å². The van der Waals surface area contributed by atoms with Gasteiger partial charge in [0.15, 0.2) is 0 Å². The van der Waals surface area contributed by atoms with Gasteiger partial charge in [-0.25, -0.2) is 0 Å². The van der Waals surface area contributed by atoms with Gasteiger partial charge in [0.1, 0.15) is 11.4 Å². The number of rotatable bonds is 5. The van der Waals surface area contributed by atoms with Crippen LogP contribution in [0, 0.1) is 10.1 Å². The largest absolute Gasteiger partial charge is 0.393 e. The number of para-hydroxylation sites is 1.